The summed E-state index contributed by atoms with van der Waals surface area (Å²) < 4.78 is 0. The average Bonchev–Trinajstić information content (AvgIpc) is 2.72. The van der Waals surface area contributed by atoms with Gasteiger partial charge in [0, 0.05) is 11.9 Å². The maximum atomic E-state index is 4.42. The van der Waals surface area contributed by atoms with Crippen LogP contribution in [0.2, 0.25) is 0 Å². The Hall–Kier alpha value is -2.23. The van der Waals surface area contributed by atoms with Gasteiger partial charge in [-0.1, -0.05) is 6.07 Å². The summed E-state index contributed by atoms with van der Waals surface area (Å²) in [5, 5.41) is 0. The summed E-state index contributed by atoms with van der Waals surface area (Å²) in [6, 6.07) is 9.70. The van der Waals surface area contributed by atoms with E-state index < -0.39 is 0 Å². The third-order valence-corrected chi connectivity index (χ3v) is 2.39. The lowest BCUT2D eigenvalue weighted by Gasteiger charge is -1.96. The first-order chi connectivity index (χ1) is 7.83. The molecule has 4 heteroatoms. The Kier molecular flexibility index (Phi) is 1.93. The number of aromatic nitrogens is 4. The predicted molar refractivity (Wildman–Crippen MR) is 61.9 cm³/mol. The lowest BCUT2D eigenvalue weighted by atomic mass is 10.3. The van der Waals surface area contributed by atoms with E-state index in [-0.39, 0.29) is 0 Å². The second kappa shape index (κ2) is 3.41. The smallest absolute Gasteiger partial charge is 0.178 e. The Labute approximate surface area is 92.4 Å². The molecule has 3 aromatic heterocycles. The van der Waals surface area contributed by atoms with Crippen LogP contribution in [0.1, 0.15) is 5.69 Å². The normalized spacial score (nSPS) is 10.8. The summed E-state index contributed by atoms with van der Waals surface area (Å²) in [7, 11) is 0. The van der Waals surface area contributed by atoms with E-state index in [2.05, 4.69) is 19.9 Å². The van der Waals surface area contributed by atoms with E-state index >= 15 is 0 Å². The van der Waals surface area contributed by atoms with Crippen LogP contribution in [0, 0.1) is 6.92 Å². The maximum absolute atomic E-state index is 4.42. The minimum atomic E-state index is 0.723. The zero-order chi connectivity index (χ0) is 11.0. The van der Waals surface area contributed by atoms with Crippen molar-refractivity contribution < 1.29 is 0 Å². The topological polar surface area (TPSA) is 54.5 Å². The van der Waals surface area contributed by atoms with Gasteiger partial charge in [0.25, 0.3) is 0 Å². The number of pyridine rings is 2. The second-order valence-electron chi connectivity index (χ2n) is 3.62. The number of hydrogen-bond donors (Lipinski definition) is 1. The van der Waals surface area contributed by atoms with Crippen molar-refractivity contribution in [2.45, 2.75) is 6.92 Å². The lowest BCUT2D eigenvalue weighted by molar-refractivity contribution is 1.16. The van der Waals surface area contributed by atoms with Gasteiger partial charge in [0.05, 0.1) is 5.52 Å². The first-order valence-electron chi connectivity index (χ1n) is 5.08. The van der Waals surface area contributed by atoms with Gasteiger partial charge in [-0.2, -0.15) is 0 Å². The maximum Gasteiger partial charge on any atom is 0.178 e. The Morgan fingerprint density at radius 3 is 2.81 bits per heavy atom. The van der Waals surface area contributed by atoms with Gasteiger partial charge in [0.15, 0.2) is 11.5 Å². The number of rotatable bonds is 1. The van der Waals surface area contributed by atoms with E-state index in [1.54, 1.807) is 6.20 Å². The summed E-state index contributed by atoms with van der Waals surface area (Å²) in [6.45, 7) is 1.96. The summed E-state index contributed by atoms with van der Waals surface area (Å²) in [5.74, 6) is 0.761. The van der Waals surface area contributed by atoms with Crippen molar-refractivity contribution in [3.05, 3.63) is 42.2 Å². The van der Waals surface area contributed by atoms with Gasteiger partial charge in [0.1, 0.15) is 5.69 Å². The number of fused-ring (bicyclic) bond motifs is 1. The van der Waals surface area contributed by atoms with Gasteiger partial charge >= 0.3 is 0 Å². The zero-order valence-electron chi connectivity index (χ0n) is 8.81. The molecule has 4 nitrogen and oxygen atoms in total. The first kappa shape index (κ1) is 9.03. The lowest BCUT2D eigenvalue weighted by Crippen LogP contribution is -1.87. The molecule has 0 atom stereocenters. The first-order valence-corrected chi connectivity index (χ1v) is 5.08. The van der Waals surface area contributed by atoms with E-state index in [0.717, 1.165) is 28.4 Å². The third-order valence-electron chi connectivity index (χ3n) is 2.39. The molecular formula is C12H10N4. The highest BCUT2D eigenvalue weighted by molar-refractivity contribution is 5.74. The highest BCUT2D eigenvalue weighted by atomic mass is 15.0. The molecule has 1 N–H and O–H groups in total. The van der Waals surface area contributed by atoms with Gasteiger partial charge in [-0.25, -0.2) is 15.0 Å². The van der Waals surface area contributed by atoms with Gasteiger partial charge in [0.2, 0.25) is 0 Å². The number of H-pyrrole nitrogens is 1. The molecule has 0 aromatic carbocycles. The van der Waals surface area contributed by atoms with E-state index in [1.165, 1.54) is 0 Å². The van der Waals surface area contributed by atoms with E-state index in [1.807, 2.05) is 37.3 Å². The molecule has 0 spiro atoms. The molecule has 0 unspecified atom stereocenters. The predicted octanol–water partition coefficient (Wildman–Crippen LogP) is 2.33. The molecule has 0 fully saturated rings. The van der Waals surface area contributed by atoms with Crippen LogP contribution < -0.4 is 0 Å². The molecule has 3 heterocycles. The molecule has 16 heavy (non-hydrogen) atoms. The fraction of sp³-hybridized carbons (Fsp3) is 0.0833. The molecule has 0 bridgehead atoms. The Morgan fingerprint density at radius 1 is 1.06 bits per heavy atom. The van der Waals surface area contributed by atoms with E-state index in [4.69, 9.17) is 0 Å². The monoisotopic (exact) mass is 210 g/mol. The standard InChI is InChI=1S/C12H10N4/c1-8-4-2-5-10(14-8)12-15-9-6-3-7-13-11(9)16-12/h2-7H,1H3,(H,13,15,16). The molecule has 0 aliphatic carbocycles. The largest absolute Gasteiger partial charge is 0.335 e. The fourth-order valence-electron chi connectivity index (χ4n) is 1.64. The molecule has 0 saturated carbocycles. The molecule has 0 radical (unpaired) electrons. The van der Waals surface area contributed by atoms with Gasteiger partial charge < -0.3 is 4.98 Å². The van der Waals surface area contributed by atoms with E-state index in [9.17, 15) is 0 Å². The third kappa shape index (κ3) is 1.44. The van der Waals surface area contributed by atoms with Crippen LogP contribution in [0.4, 0.5) is 0 Å². The highest BCUT2D eigenvalue weighted by Gasteiger charge is 2.06. The van der Waals surface area contributed by atoms with Crippen molar-refractivity contribution in [3.63, 3.8) is 0 Å². The summed E-state index contributed by atoms with van der Waals surface area (Å²) >= 11 is 0. The van der Waals surface area contributed by atoms with Crippen molar-refractivity contribution in [1.82, 2.24) is 19.9 Å². The minimum Gasteiger partial charge on any atom is -0.335 e. The van der Waals surface area contributed by atoms with Crippen LogP contribution in [0.5, 0.6) is 0 Å². The van der Waals surface area contributed by atoms with Gasteiger partial charge in [-0.15, -0.1) is 0 Å². The number of aryl methyl sites for hydroxylation is 1. The zero-order valence-corrected chi connectivity index (χ0v) is 8.81. The molecule has 3 rings (SSSR count). The van der Waals surface area contributed by atoms with Crippen LogP contribution in [0.25, 0.3) is 22.7 Å². The molecular weight excluding hydrogens is 200 g/mol. The SMILES string of the molecule is Cc1cccc(-c2nc3ncccc3[nH]2)n1. The Bertz CT molecular complexity index is 609. The fourth-order valence-corrected chi connectivity index (χ4v) is 1.64. The highest BCUT2D eigenvalue weighted by Crippen LogP contribution is 2.16. The van der Waals surface area contributed by atoms with Crippen molar-refractivity contribution in [2.75, 3.05) is 0 Å². The number of aromatic amines is 1. The number of hydrogen-bond acceptors (Lipinski definition) is 3. The summed E-state index contributed by atoms with van der Waals surface area (Å²) in [5.41, 5.74) is 3.48. The van der Waals surface area contributed by atoms with Crippen molar-refractivity contribution >= 4 is 11.2 Å². The number of nitrogens with zero attached hydrogens (tertiary/aromatic N) is 3. The number of imidazole rings is 1. The number of nitrogens with one attached hydrogen (secondary N) is 1. The molecule has 78 valence electrons. The van der Waals surface area contributed by atoms with Crippen LogP contribution in [0.15, 0.2) is 36.5 Å². The van der Waals surface area contributed by atoms with Crippen LogP contribution in [-0.4, -0.2) is 19.9 Å². The van der Waals surface area contributed by atoms with Crippen LogP contribution in [-0.2, 0) is 0 Å². The molecule has 0 aliphatic rings. The minimum absolute atomic E-state index is 0.723. The summed E-state index contributed by atoms with van der Waals surface area (Å²) in [4.78, 5) is 16.2. The Balaban J connectivity index is 2.19. The summed E-state index contributed by atoms with van der Waals surface area (Å²) in [6.07, 6.45) is 1.73. The molecule has 0 amide bonds. The van der Waals surface area contributed by atoms with Crippen LogP contribution in [0.3, 0.4) is 0 Å². The quantitative estimate of drug-likeness (QED) is 0.670. The van der Waals surface area contributed by atoms with E-state index in [0.29, 0.717) is 0 Å². The van der Waals surface area contributed by atoms with Gasteiger partial charge in [-0.3, -0.25) is 0 Å². The van der Waals surface area contributed by atoms with Crippen molar-refractivity contribution in [1.29, 1.82) is 0 Å². The second-order valence-corrected chi connectivity index (χ2v) is 3.62. The van der Waals surface area contributed by atoms with Crippen LogP contribution >= 0.6 is 0 Å². The molecule has 0 aliphatic heterocycles. The van der Waals surface area contributed by atoms with Gasteiger partial charge in [-0.05, 0) is 31.2 Å². The van der Waals surface area contributed by atoms with Crippen molar-refractivity contribution in [2.24, 2.45) is 0 Å². The van der Waals surface area contributed by atoms with Crippen molar-refractivity contribution in [3.8, 4) is 11.5 Å². The molecule has 0 saturated heterocycles. The Morgan fingerprint density at radius 2 is 2.00 bits per heavy atom. The molecule has 3 aromatic rings. The average molecular weight is 210 g/mol.